The normalized spacial score (nSPS) is 15.3. The second-order valence-corrected chi connectivity index (χ2v) is 6.28. The number of H-pyrrole nitrogens is 1. The number of aromatic amines is 1. The second-order valence-electron chi connectivity index (χ2n) is 5.48. The molecule has 0 unspecified atom stereocenters. The Bertz CT molecular complexity index is 653. The van der Waals surface area contributed by atoms with Crippen LogP contribution in [0, 0.1) is 0 Å². The minimum atomic E-state index is 0. The third-order valence-electron chi connectivity index (χ3n) is 4.16. The Labute approximate surface area is 150 Å². The van der Waals surface area contributed by atoms with Crippen molar-refractivity contribution in [2.24, 2.45) is 0 Å². The molecule has 5 nitrogen and oxygen atoms in total. The molecule has 1 aromatic heterocycles. The number of rotatable bonds is 3. The number of aromatic nitrogens is 2. The quantitative estimate of drug-likeness (QED) is 0.834. The van der Waals surface area contributed by atoms with Crippen molar-refractivity contribution in [1.82, 2.24) is 20.4 Å². The van der Waals surface area contributed by atoms with E-state index in [-0.39, 0.29) is 18.3 Å². The van der Waals surface area contributed by atoms with Crippen molar-refractivity contribution in [3.05, 3.63) is 40.5 Å². The van der Waals surface area contributed by atoms with Gasteiger partial charge in [-0.1, -0.05) is 30.3 Å². The predicted molar refractivity (Wildman–Crippen MR) is 97.0 cm³/mol. The van der Waals surface area contributed by atoms with Gasteiger partial charge in [0.15, 0.2) is 0 Å². The van der Waals surface area contributed by atoms with Gasteiger partial charge in [0.25, 0.3) is 5.91 Å². The maximum Gasteiger partial charge on any atom is 0.273 e. The smallest absolute Gasteiger partial charge is 0.273 e. The van der Waals surface area contributed by atoms with Crippen LogP contribution in [0.2, 0.25) is 0 Å². The zero-order chi connectivity index (χ0) is 15.5. The van der Waals surface area contributed by atoms with Crippen molar-refractivity contribution in [2.75, 3.05) is 20.1 Å². The molecule has 2 aromatic rings. The largest absolute Gasteiger partial charge is 0.337 e. The monoisotopic (exact) mass is 398 g/mol. The van der Waals surface area contributed by atoms with Gasteiger partial charge in [0.1, 0.15) is 11.4 Å². The number of nitrogens with zero attached hydrogens (tertiary/aromatic N) is 2. The van der Waals surface area contributed by atoms with E-state index in [1.165, 1.54) is 0 Å². The number of carbonyl (C=O) groups is 1. The van der Waals surface area contributed by atoms with Crippen molar-refractivity contribution >= 4 is 34.2 Å². The van der Waals surface area contributed by atoms with Crippen molar-refractivity contribution in [1.29, 1.82) is 0 Å². The molecule has 1 fully saturated rings. The van der Waals surface area contributed by atoms with Crippen molar-refractivity contribution in [2.45, 2.75) is 18.9 Å². The molecule has 124 valence electrons. The minimum Gasteiger partial charge on any atom is -0.337 e. The number of halogens is 2. The van der Waals surface area contributed by atoms with E-state index >= 15 is 0 Å². The van der Waals surface area contributed by atoms with Crippen molar-refractivity contribution in [3.8, 4) is 11.3 Å². The van der Waals surface area contributed by atoms with Crippen LogP contribution in [0.5, 0.6) is 0 Å². The lowest BCUT2D eigenvalue weighted by molar-refractivity contribution is 0.0700. The third-order valence-corrected chi connectivity index (χ3v) is 4.93. The number of likely N-dealkylation sites (tertiary alicyclic amines) is 1. The number of nitrogens with one attached hydrogen (secondary N) is 2. The highest BCUT2D eigenvalue weighted by molar-refractivity contribution is 9.10. The summed E-state index contributed by atoms with van der Waals surface area (Å²) in [6.07, 6.45) is 1.97. The summed E-state index contributed by atoms with van der Waals surface area (Å²) in [7, 11) is 1.97. The Morgan fingerprint density at radius 3 is 2.57 bits per heavy atom. The molecule has 1 aliphatic rings. The molecule has 0 saturated carbocycles. The molecule has 23 heavy (non-hydrogen) atoms. The van der Waals surface area contributed by atoms with Crippen molar-refractivity contribution < 1.29 is 4.79 Å². The average molecular weight is 400 g/mol. The van der Waals surface area contributed by atoms with Crippen LogP contribution in [0.3, 0.4) is 0 Å². The van der Waals surface area contributed by atoms with E-state index in [0.717, 1.165) is 41.7 Å². The van der Waals surface area contributed by atoms with Crippen LogP contribution in [-0.4, -0.2) is 47.2 Å². The van der Waals surface area contributed by atoms with E-state index in [1.807, 2.05) is 42.3 Å². The Kier molecular flexibility index (Phi) is 6.21. The topological polar surface area (TPSA) is 61.0 Å². The van der Waals surface area contributed by atoms with Crippen LogP contribution >= 0.6 is 28.3 Å². The number of piperidine rings is 1. The van der Waals surface area contributed by atoms with Crippen molar-refractivity contribution in [3.63, 3.8) is 0 Å². The molecule has 3 rings (SSSR count). The number of benzene rings is 1. The first-order valence-corrected chi connectivity index (χ1v) is 8.26. The first kappa shape index (κ1) is 18.0. The molecule has 0 spiro atoms. The summed E-state index contributed by atoms with van der Waals surface area (Å²) < 4.78 is 0.736. The lowest BCUT2D eigenvalue weighted by atomic mass is 10.0. The van der Waals surface area contributed by atoms with Gasteiger partial charge in [-0.25, -0.2) is 0 Å². The van der Waals surface area contributed by atoms with E-state index in [9.17, 15) is 4.79 Å². The first-order chi connectivity index (χ1) is 10.7. The van der Waals surface area contributed by atoms with Gasteiger partial charge in [0, 0.05) is 24.7 Å². The van der Waals surface area contributed by atoms with Crippen LogP contribution in [0.1, 0.15) is 23.3 Å². The Morgan fingerprint density at radius 2 is 1.96 bits per heavy atom. The number of hydrogen-bond acceptors (Lipinski definition) is 3. The molecule has 0 bridgehead atoms. The van der Waals surface area contributed by atoms with Gasteiger partial charge in [-0.05, 0) is 35.8 Å². The molecule has 1 amide bonds. The zero-order valence-electron chi connectivity index (χ0n) is 12.9. The Balaban J connectivity index is 0.00000192. The molecule has 1 aliphatic heterocycles. The molecule has 2 heterocycles. The summed E-state index contributed by atoms with van der Waals surface area (Å²) in [5.74, 6) is 0.0103. The summed E-state index contributed by atoms with van der Waals surface area (Å²) in [6.45, 7) is 1.55. The van der Waals surface area contributed by atoms with Gasteiger partial charge in [0.05, 0.1) is 4.47 Å². The van der Waals surface area contributed by atoms with E-state index in [2.05, 4.69) is 31.4 Å². The molecular formula is C16H20BrClN4O. The highest BCUT2D eigenvalue weighted by atomic mass is 79.9. The molecule has 1 saturated heterocycles. The van der Waals surface area contributed by atoms with Gasteiger partial charge in [0.2, 0.25) is 0 Å². The lowest BCUT2D eigenvalue weighted by Crippen LogP contribution is -2.44. The van der Waals surface area contributed by atoms with E-state index in [1.54, 1.807) is 0 Å². The highest BCUT2D eigenvalue weighted by Crippen LogP contribution is 2.29. The third kappa shape index (κ3) is 3.76. The number of amides is 1. The molecule has 2 N–H and O–H groups in total. The van der Waals surface area contributed by atoms with Crippen LogP contribution in [0.25, 0.3) is 11.3 Å². The maximum atomic E-state index is 12.7. The number of hydrogen-bond donors (Lipinski definition) is 2. The molecule has 0 aliphatic carbocycles. The fourth-order valence-electron chi connectivity index (χ4n) is 2.79. The summed E-state index contributed by atoms with van der Waals surface area (Å²) in [5.41, 5.74) is 2.29. The molecule has 1 aromatic carbocycles. The molecule has 0 radical (unpaired) electrons. The fourth-order valence-corrected chi connectivity index (χ4v) is 3.36. The zero-order valence-corrected chi connectivity index (χ0v) is 15.3. The maximum absolute atomic E-state index is 12.7. The fraction of sp³-hybridized carbons (Fsp3) is 0.375. The van der Waals surface area contributed by atoms with E-state index < -0.39 is 0 Å². The van der Waals surface area contributed by atoms with E-state index in [4.69, 9.17) is 0 Å². The molecule has 7 heteroatoms. The van der Waals surface area contributed by atoms with E-state index in [0.29, 0.717) is 11.7 Å². The number of carbonyl (C=O) groups excluding carboxylic acids is 1. The predicted octanol–water partition coefficient (Wildman–Crippen LogP) is 3.09. The van der Waals surface area contributed by atoms with Crippen LogP contribution in [0.4, 0.5) is 0 Å². The summed E-state index contributed by atoms with van der Waals surface area (Å²) >= 11 is 3.53. The molecular weight excluding hydrogens is 380 g/mol. The second kappa shape index (κ2) is 7.95. The van der Waals surface area contributed by atoms with Crippen LogP contribution < -0.4 is 5.32 Å². The van der Waals surface area contributed by atoms with Crippen LogP contribution in [-0.2, 0) is 0 Å². The highest BCUT2D eigenvalue weighted by Gasteiger charge is 2.26. The van der Waals surface area contributed by atoms with Gasteiger partial charge < -0.3 is 10.2 Å². The summed E-state index contributed by atoms with van der Waals surface area (Å²) in [6, 6.07) is 10.3. The minimum absolute atomic E-state index is 0. The summed E-state index contributed by atoms with van der Waals surface area (Å²) in [5, 5.41) is 10.5. The van der Waals surface area contributed by atoms with Gasteiger partial charge in [-0.2, -0.15) is 5.10 Å². The SMILES string of the molecule is CNC1CCN(C(=O)c2[nH]nc(-c3ccccc3)c2Br)CC1.Cl. The Hall–Kier alpha value is -1.37. The Morgan fingerprint density at radius 1 is 1.30 bits per heavy atom. The van der Waals surface area contributed by atoms with Crippen LogP contribution in [0.15, 0.2) is 34.8 Å². The average Bonchev–Trinajstić information content (AvgIpc) is 2.96. The summed E-state index contributed by atoms with van der Waals surface area (Å²) in [4.78, 5) is 14.6. The first-order valence-electron chi connectivity index (χ1n) is 7.46. The van der Waals surface area contributed by atoms with Gasteiger partial charge in [-0.3, -0.25) is 9.89 Å². The lowest BCUT2D eigenvalue weighted by Gasteiger charge is -2.31. The standard InChI is InChI=1S/C16H19BrN4O.ClH/c1-18-12-7-9-21(10-8-12)16(22)15-13(17)14(19-20-15)11-5-3-2-4-6-11;/h2-6,12,18H,7-10H2,1H3,(H,19,20);1H. The van der Waals surface area contributed by atoms with Gasteiger partial charge >= 0.3 is 0 Å². The van der Waals surface area contributed by atoms with Gasteiger partial charge in [-0.15, -0.1) is 12.4 Å². The molecule has 0 atom stereocenters.